The van der Waals surface area contributed by atoms with Crippen LogP contribution in [0.5, 0.6) is 0 Å². The van der Waals surface area contributed by atoms with E-state index in [4.69, 9.17) is 40.1 Å². The van der Waals surface area contributed by atoms with Crippen LogP contribution in [-0.2, 0) is 52.1 Å². The summed E-state index contributed by atoms with van der Waals surface area (Å²) in [6, 6.07) is 8.90. The van der Waals surface area contributed by atoms with E-state index < -0.39 is 15.3 Å². The van der Waals surface area contributed by atoms with E-state index in [-0.39, 0.29) is 63.4 Å². The number of nitrogens with zero attached hydrogens (tertiary/aromatic N) is 6. The number of rotatable bonds is 21. The molecular weight excluding hydrogens is 867 g/mol. The fourth-order valence-corrected chi connectivity index (χ4v) is 9.10. The zero-order valence-corrected chi connectivity index (χ0v) is 34.8. The number of sulfone groups is 1. The van der Waals surface area contributed by atoms with Gasteiger partial charge in [-0.25, -0.2) is 13.4 Å². The normalized spacial score (nSPS) is 15.5. The Morgan fingerprint density at radius 3 is 2.38 bits per heavy atom. The smallest absolute Gasteiger partial charge is 0.361 e. The molecule has 0 saturated carbocycles. The number of piperidine rings is 1. The molecule has 0 bridgehead atoms. The van der Waals surface area contributed by atoms with E-state index in [2.05, 4.69) is 15.1 Å². The minimum absolute atomic E-state index is 0.0394. The average Bonchev–Trinajstić information content (AvgIpc) is 3.83. The van der Waals surface area contributed by atoms with Crippen LogP contribution < -0.4 is 26.1 Å². The third-order valence-corrected chi connectivity index (χ3v) is 12.8. The van der Waals surface area contributed by atoms with Crippen LogP contribution in [0.15, 0.2) is 47.2 Å². The fourth-order valence-electron chi connectivity index (χ4n) is 7.04. The molecule has 4 aromatic rings. The number of anilines is 1. The van der Waals surface area contributed by atoms with Gasteiger partial charge in [0.1, 0.15) is 11.6 Å². The number of likely N-dealkylation sites (tertiary alicyclic amines) is 1. The molecule has 2 amide bonds. The van der Waals surface area contributed by atoms with Crippen molar-refractivity contribution in [2.45, 2.75) is 44.7 Å². The second kappa shape index (κ2) is 19.3. The monoisotopic (exact) mass is 913 g/mol. The molecule has 300 valence electrons. The van der Waals surface area contributed by atoms with E-state index in [0.717, 1.165) is 15.7 Å². The van der Waals surface area contributed by atoms with Crippen LogP contribution in [-0.4, -0.2) is 125 Å². The van der Waals surface area contributed by atoms with Crippen molar-refractivity contribution >= 4 is 50.0 Å². The number of halogens is 2. The first-order valence-electron chi connectivity index (χ1n) is 18.2. The number of amides is 2. The summed E-state index contributed by atoms with van der Waals surface area (Å²) in [6.45, 7) is 5.75. The van der Waals surface area contributed by atoms with Crippen molar-refractivity contribution in [1.82, 2.24) is 24.6 Å². The molecule has 18 heteroatoms. The number of aromatic nitrogens is 4. The van der Waals surface area contributed by atoms with Crippen molar-refractivity contribution < 1.29 is 62.7 Å². The average molecular weight is 914 g/mol. The number of pyridine rings is 1. The molecule has 1 spiro atoms. The predicted molar refractivity (Wildman–Crippen MR) is 201 cm³/mol. The minimum atomic E-state index is -3.40. The zero-order chi connectivity index (χ0) is 38.8. The van der Waals surface area contributed by atoms with Crippen LogP contribution in [0.1, 0.15) is 46.9 Å². The second-order valence-electron chi connectivity index (χ2n) is 13.4. The SMILES string of the molecule is C[I-]COCCOCCOCCOCCS(=O)(=O)CCCn1c(CN2C(=O)C3(CCN(C(=O)c4cc(C)on4)CC3)c3ccncc32)nc2cc(Cl)ccc21. The van der Waals surface area contributed by atoms with Crippen LogP contribution in [0, 0.1) is 6.92 Å². The van der Waals surface area contributed by atoms with Crippen LogP contribution in [0.2, 0.25) is 5.02 Å². The van der Waals surface area contributed by atoms with E-state index in [1.807, 2.05) is 16.7 Å². The topological polar surface area (TPSA) is 168 Å². The Balaban J connectivity index is 1.04. The fraction of sp³-hybridized carbons (Fsp3) is 0.541. The number of imidazole rings is 1. The number of aryl methyl sites for hydroxylation is 2. The summed E-state index contributed by atoms with van der Waals surface area (Å²) in [5, 5.41) is 4.40. The van der Waals surface area contributed by atoms with E-state index >= 15 is 0 Å². The molecule has 2 aliphatic heterocycles. The first-order valence-corrected chi connectivity index (χ1v) is 24.1. The van der Waals surface area contributed by atoms with Crippen molar-refractivity contribution in [2.75, 3.05) is 85.3 Å². The number of ether oxygens (including phenoxy) is 4. The number of fused-ring (bicyclic) bond motifs is 3. The molecule has 0 atom stereocenters. The Morgan fingerprint density at radius 1 is 0.982 bits per heavy atom. The molecule has 15 nitrogen and oxygen atoms in total. The summed E-state index contributed by atoms with van der Waals surface area (Å²) in [4.78, 5) is 42.4. The van der Waals surface area contributed by atoms with Gasteiger partial charge in [-0.2, -0.15) is 0 Å². The van der Waals surface area contributed by atoms with Crippen molar-refractivity contribution in [3.63, 3.8) is 0 Å². The van der Waals surface area contributed by atoms with Gasteiger partial charge < -0.3 is 18.9 Å². The van der Waals surface area contributed by atoms with Crippen molar-refractivity contribution in [2.24, 2.45) is 0 Å². The van der Waals surface area contributed by atoms with Crippen molar-refractivity contribution in [3.8, 4) is 0 Å². The number of carbonyl (C=O) groups excluding carboxylic acids is 2. The first kappa shape index (κ1) is 41.4. The van der Waals surface area contributed by atoms with E-state index in [0.29, 0.717) is 106 Å². The molecule has 0 N–H and O–H groups in total. The van der Waals surface area contributed by atoms with Gasteiger partial charge in [-0.3, -0.25) is 14.6 Å². The van der Waals surface area contributed by atoms with Gasteiger partial charge in [0, 0.05) is 36.9 Å². The van der Waals surface area contributed by atoms with Gasteiger partial charge >= 0.3 is 95.9 Å². The van der Waals surface area contributed by atoms with Gasteiger partial charge in [0.2, 0.25) is 5.91 Å². The van der Waals surface area contributed by atoms with E-state index in [9.17, 15) is 18.0 Å². The molecule has 1 saturated heterocycles. The van der Waals surface area contributed by atoms with Gasteiger partial charge in [0.05, 0.1) is 46.4 Å². The summed E-state index contributed by atoms with van der Waals surface area (Å²) >= 11 is 6.47. The molecule has 0 unspecified atom stereocenters. The van der Waals surface area contributed by atoms with Gasteiger partial charge in [-0.05, 0) is 56.0 Å². The molecule has 5 heterocycles. The molecule has 0 radical (unpaired) electrons. The molecular formula is C37H47ClIN6O9S-. The molecule has 6 rings (SSSR count). The maximum absolute atomic E-state index is 14.5. The van der Waals surface area contributed by atoms with E-state index in [1.54, 1.807) is 47.3 Å². The Bertz CT molecular complexity index is 2040. The van der Waals surface area contributed by atoms with Crippen LogP contribution >= 0.6 is 11.6 Å². The molecule has 0 aliphatic carbocycles. The molecule has 2 aliphatic rings. The first-order chi connectivity index (χ1) is 26.6. The quantitative estimate of drug-likeness (QED) is 0.0652. The molecule has 55 heavy (non-hydrogen) atoms. The van der Waals surface area contributed by atoms with Crippen LogP contribution in [0.4, 0.5) is 5.69 Å². The Hall–Kier alpha value is -3.20. The van der Waals surface area contributed by atoms with Crippen molar-refractivity contribution in [1.29, 1.82) is 0 Å². The molecule has 3 aromatic heterocycles. The summed E-state index contributed by atoms with van der Waals surface area (Å²) in [6.07, 6.45) is 4.60. The molecule has 1 fully saturated rings. The predicted octanol–water partition coefficient (Wildman–Crippen LogP) is 0.650. The maximum atomic E-state index is 14.5. The number of benzene rings is 1. The number of carbonyl (C=O) groups is 2. The van der Waals surface area contributed by atoms with Crippen LogP contribution in [0.25, 0.3) is 11.0 Å². The second-order valence-corrected chi connectivity index (χ2v) is 18.3. The van der Waals surface area contributed by atoms with Gasteiger partial charge in [0.15, 0.2) is 15.5 Å². The minimum Gasteiger partial charge on any atom is -0.361 e. The van der Waals surface area contributed by atoms with Crippen molar-refractivity contribution in [3.05, 3.63) is 70.6 Å². The third-order valence-electron chi connectivity index (χ3n) is 9.78. The van der Waals surface area contributed by atoms with Crippen LogP contribution in [0.3, 0.4) is 0 Å². The summed E-state index contributed by atoms with van der Waals surface area (Å²) in [5.41, 5.74) is 2.44. The number of hydrogen-bond acceptors (Lipinski definition) is 12. The van der Waals surface area contributed by atoms with Gasteiger partial charge in [-0.15, -0.1) is 0 Å². The Kier molecular flexibility index (Phi) is 14.5. The van der Waals surface area contributed by atoms with Gasteiger partial charge in [0.25, 0.3) is 5.91 Å². The summed E-state index contributed by atoms with van der Waals surface area (Å²) in [7, 11) is -3.40. The standard InChI is InChI=1S/C37H47ClIN6O9S/c1-27-22-31(42-54-27)35(46)43-11-7-37(8-12-43)29-6-9-40-24-33(29)45(36(37)47)25-34-41-30-23-28(38)4-5-32(30)44(34)10-3-20-55(48,49)21-19-52-16-15-50-13-14-51-17-18-53-26-39-2/h4-6,9,22-24H,3,7-8,10-21,25-26H2,1-2H3/q-1. The number of alkyl halides is 2. The number of hydrogen-bond donors (Lipinski definition) is 0. The summed E-state index contributed by atoms with van der Waals surface area (Å²) in [5.74, 6) is 0.717. The Morgan fingerprint density at radius 2 is 1.69 bits per heavy atom. The Labute approximate surface area is 336 Å². The third kappa shape index (κ3) is 10.2. The molecule has 1 aromatic carbocycles. The zero-order valence-electron chi connectivity index (χ0n) is 31.1. The van der Waals surface area contributed by atoms with E-state index in [1.165, 1.54) is 0 Å². The van der Waals surface area contributed by atoms with Gasteiger partial charge in [-0.1, -0.05) is 16.8 Å². The summed E-state index contributed by atoms with van der Waals surface area (Å²) < 4.78 is 55.7.